The molecule has 1 aliphatic heterocycles. The van der Waals surface area contributed by atoms with Crippen LogP contribution in [0.4, 0.5) is 4.39 Å². The maximum Gasteiger partial charge on any atom is 0.260 e. The second kappa shape index (κ2) is 5.88. The zero-order chi connectivity index (χ0) is 13.0. The smallest absolute Gasteiger partial charge is 0.260 e. The van der Waals surface area contributed by atoms with Crippen LogP contribution in [-0.4, -0.2) is 42.2 Å². The summed E-state index contributed by atoms with van der Waals surface area (Å²) in [6.07, 6.45) is 0. The molecule has 1 amide bonds. The highest BCUT2D eigenvalue weighted by molar-refractivity contribution is 7.80. The molecule has 6 heteroatoms. The van der Waals surface area contributed by atoms with Crippen LogP contribution in [-0.2, 0) is 4.74 Å². The number of morpholine rings is 1. The predicted octanol–water partition coefficient (Wildman–Crippen LogP) is 1.17. The lowest BCUT2D eigenvalue weighted by molar-refractivity contribution is 0.0669. The molecule has 96 valence electrons. The molecular weight excluding hydrogens is 255 g/mol. The third kappa shape index (κ3) is 3.02. The van der Waals surface area contributed by atoms with Crippen LogP contribution in [0.25, 0.3) is 0 Å². The molecule has 1 fully saturated rings. The Morgan fingerprint density at radius 1 is 1.33 bits per heavy atom. The lowest BCUT2D eigenvalue weighted by Crippen LogP contribution is -2.47. The summed E-state index contributed by atoms with van der Waals surface area (Å²) in [5.74, 6) is -1.08. The van der Waals surface area contributed by atoms with E-state index in [-0.39, 0.29) is 5.56 Å². The Kier molecular flexibility index (Phi) is 4.22. The first-order valence-electron chi connectivity index (χ1n) is 5.61. The van der Waals surface area contributed by atoms with Crippen molar-refractivity contribution in [3.63, 3.8) is 0 Å². The maximum atomic E-state index is 13.4. The van der Waals surface area contributed by atoms with Gasteiger partial charge in [-0.3, -0.25) is 10.1 Å². The molecular formula is C12H13FN2O2S. The van der Waals surface area contributed by atoms with E-state index < -0.39 is 11.7 Å². The maximum absolute atomic E-state index is 13.4. The highest BCUT2D eigenvalue weighted by Crippen LogP contribution is 2.06. The van der Waals surface area contributed by atoms with Crippen LogP contribution in [0.15, 0.2) is 24.3 Å². The minimum absolute atomic E-state index is 0.00638. The van der Waals surface area contributed by atoms with Gasteiger partial charge in [0.2, 0.25) is 0 Å². The molecule has 1 N–H and O–H groups in total. The van der Waals surface area contributed by atoms with Gasteiger partial charge in [0.05, 0.1) is 18.8 Å². The Bertz CT molecular complexity index is 461. The van der Waals surface area contributed by atoms with E-state index in [9.17, 15) is 9.18 Å². The standard InChI is InChI=1S/C12H13FN2O2S/c13-10-4-2-1-3-9(10)11(16)14-12(18)15-5-7-17-8-6-15/h1-4H,5-8H2,(H,14,16,18). The van der Waals surface area contributed by atoms with E-state index in [1.165, 1.54) is 18.2 Å². The number of carbonyl (C=O) groups is 1. The number of benzene rings is 1. The lowest BCUT2D eigenvalue weighted by atomic mass is 10.2. The van der Waals surface area contributed by atoms with Gasteiger partial charge in [0.15, 0.2) is 5.11 Å². The van der Waals surface area contributed by atoms with Crippen LogP contribution in [0.3, 0.4) is 0 Å². The molecule has 2 rings (SSSR count). The summed E-state index contributed by atoms with van der Waals surface area (Å²) in [5, 5.41) is 2.84. The van der Waals surface area contributed by atoms with E-state index in [0.717, 1.165) is 0 Å². The number of thiocarbonyl (C=S) groups is 1. The normalized spacial score (nSPS) is 15.3. The van der Waals surface area contributed by atoms with Gasteiger partial charge in [0, 0.05) is 13.1 Å². The largest absolute Gasteiger partial charge is 0.378 e. The van der Waals surface area contributed by atoms with Crippen molar-refractivity contribution >= 4 is 23.2 Å². The third-order valence-electron chi connectivity index (χ3n) is 2.64. The fraction of sp³-hybridized carbons (Fsp3) is 0.333. The predicted molar refractivity (Wildman–Crippen MR) is 68.9 cm³/mol. The lowest BCUT2D eigenvalue weighted by Gasteiger charge is -2.28. The van der Waals surface area contributed by atoms with E-state index >= 15 is 0 Å². The molecule has 0 spiro atoms. The number of nitrogens with zero attached hydrogens (tertiary/aromatic N) is 1. The van der Waals surface area contributed by atoms with Crippen molar-refractivity contribution in [1.29, 1.82) is 0 Å². The quantitative estimate of drug-likeness (QED) is 0.776. The van der Waals surface area contributed by atoms with E-state index in [0.29, 0.717) is 31.4 Å². The van der Waals surface area contributed by atoms with Gasteiger partial charge in [0.1, 0.15) is 5.82 Å². The summed E-state index contributed by atoms with van der Waals surface area (Å²) in [4.78, 5) is 13.7. The fourth-order valence-corrected chi connectivity index (χ4v) is 1.93. The first-order valence-corrected chi connectivity index (χ1v) is 6.02. The van der Waals surface area contributed by atoms with Crippen LogP contribution >= 0.6 is 12.2 Å². The van der Waals surface area contributed by atoms with Crippen molar-refractivity contribution in [2.75, 3.05) is 26.3 Å². The van der Waals surface area contributed by atoms with E-state index in [2.05, 4.69) is 5.32 Å². The molecule has 1 heterocycles. The number of hydrogen-bond donors (Lipinski definition) is 1. The van der Waals surface area contributed by atoms with Crippen LogP contribution in [0.5, 0.6) is 0 Å². The molecule has 1 saturated heterocycles. The average molecular weight is 268 g/mol. The number of amides is 1. The third-order valence-corrected chi connectivity index (χ3v) is 3.00. The molecule has 4 nitrogen and oxygen atoms in total. The number of rotatable bonds is 1. The number of hydrogen-bond acceptors (Lipinski definition) is 3. The van der Waals surface area contributed by atoms with Crippen molar-refractivity contribution in [2.24, 2.45) is 0 Å². The molecule has 0 atom stereocenters. The summed E-state index contributed by atoms with van der Waals surface area (Å²) in [6.45, 7) is 2.43. The van der Waals surface area contributed by atoms with Gasteiger partial charge < -0.3 is 9.64 Å². The van der Waals surface area contributed by atoms with Crippen LogP contribution in [0.1, 0.15) is 10.4 Å². The summed E-state index contributed by atoms with van der Waals surface area (Å²) in [7, 11) is 0. The SMILES string of the molecule is O=C(NC(=S)N1CCOCC1)c1ccccc1F. The molecule has 0 bridgehead atoms. The Morgan fingerprint density at radius 3 is 2.67 bits per heavy atom. The number of nitrogens with one attached hydrogen (secondary N) is 1. The second-order valence-electron chi connectivity index (χ2n) is 3.84. The molecule has 0 aliphatic carbocycles. The van der Waals surface area contributed by atoms with Crippen molar-refractivity contribution in [2.45, 2.75) is 0 Å². The van der Waals surface area contributed by atoms with Gasteiger partial charge in [-0.2, -0.15) is 0 Å². The van der Waals surface area contributed by atoms with Crippen molar-refractivity contribution in [3.8, 4) is 0 Å². The average Bonchev–Trinajstić information content (AvgIpc) is 2.40. The van der Waals surface area contributed by atoms with E-state index in [1.54, 1.807) is 6.07 Å². The zero-order valence-electron chi connectivity index (χ0n) is 9.69. The minimum Gasteiger partial charge on any atom is -0.378 e. The Hall–Kier alpha value is -1.53. The molecule has 0 radical (unpaired) electrons. The zero-order valence-corrected chi connectivity index (χ0v) is 10.5. The van der Waals surface area contributed by atoms with Crippen molar-refractivity contribution in [1.82, 2.24) is 10.2 Å². The van der Waals surface area contributed by atoms with Crippen molar-refractivity contribution < 1.29 is 13.9 Å². The van der Waals surface area contributed by atoms with Gasteiger partial charge in [-0.15, -0.1) is 0 Å². The van der Waals surface area contributed by atoms with Crippen molar-refractivity contribution in [3.05, 3.63) is 35.6 Å². The topological polar surface area (TPSA) is 41.6 Å². The van der Waals surface area contributed by atoms with E-state index in [4.69, 9.17) is 17.0 Å². The highest BCUT2D eigenvalue weighted by atomic mass is 32.1. The number of halogens is 1. The monoisotopic (exact) mass is 268 g/mol. The number of carbonyl (C=O) groups excluding carboxylic acids is 1. The highest BCUT2D eigenvalue weighted by Gasteiger charge is 2.17. The molecule has 18 heavy (non-hydrogen) atoms. The van der Waals surface area contributed by atoms with Crippen LogP contribution in [0, 0.1) is 5.82 Å². The summed E-state index contributed by atoms with van der Waals surface area (Å²) < 4.78 is 18.6. The first-order chi connectivity index (χ1) is 8.68. The van der Waals surface area contributed by atoms with E-state index in [1.807, 2.05) is 4.90 Å². The second-order valence-corrected chi connectivity index (χ2v) is 4.23. The molecule has 1 aromatic rings. The molecule has 1 aliphatic rings. The van der Waals surface area contributed by atoms with Gasteiger partial charge in [-0.05, 0) is 24.4 Å². The Balaban J connectivity index is 1.99. The molecule has 1 aromatic carbocycles. The molecule has 0 saturated carbocycles. The molecule has 0 aromatic heterocycles. The first kappa shape index (κ1) is 12.9. The Morgan fingerprint density at radius 2 is 2.00 bits per heavy atom. The van der Waals surface area contributed by atoms with Crippen LogP contribution in [0.2, 0.25) is 0 Å². The van der Waals surface area contributed by atoms with Gasteiger partial charge in [-0.1, -0.05) is 12.1 Å². The number of ether oxygens (including phenoxy) is 1. The summed E-state index contributed by atoms with van der Waals surface area (Å²) >= 11 is 5.11. The van der Waals surface area contributed by atoms with Gasteiger partial charge in [-0.25, -0.2) is 4.39 Å². The fourth-order valence-electron chi connectivity index (χ4n) is 1.66. The summed E-state index contributed by atoms with van der Waals surface area (Å²) in [5.41, 5.74) is -0.00638. The van der Waals surface area contributed by atoms with Gasteiger partial charge in [0.25, 0.3) is 5.91 Å². The van der Waals surface area contributed by atoms with Gasteiger partial charge >= 0.3 is 0 Å². The summed E-state index contributed by atoms with van der Waals surface area (Å²) in [6, 6.07) is 5.81. The minimum atomic E-state index is -0.556. The van der Waals surface area contributed by atoms with Crippen LogP contribution < -0.4 is 5.32 Å². The molecule has 0 unspecified atom stereocenters. The Labute approximate surface area is 110 Å².